The molecule has 0 aromatic heterocycles. The van der Waals surface area contributed by atoms with Gasteiger partial charge in [-0.05, 0) is 60.9 Å². The number of ether oxygens (including phenoxy) is 1. The van der Waals surface area contributed by atoms with Gasteiger partial charge in [0, 0.05) is 18.3 Å². The lowest BCUT2D eigenvalue weighted by atomic mass is 10.2. The summed E-state index contributed by atoms with van der Waals surface area (Å²) in [6, 6.07) is 25.8. The standard InChI is InChI=1S/C25H25NO2/c1-3-26(23-11-7-8-20(2)18-23)25(27)17-14-21-12-15-24(16-13-21)28-19-22-9-5-4-6-10-22/h4-18H,3,19H2,1-2H3/b17-14+. The van der Waals surface area contributed by atoms with Gasteiger partial charge in [-0.2, -0.15) is 0 Å². The van der Waals surface area contributed by atoms with Crippen molar-refractivity contribution in [1.82, 2.24) is 0 Å². The van der Waals surface area contributed by atoms with E-state index in [0.29, 0.717) is 13.2 Å². The van der Waals surface area contributed by atoms with Crippen molar-refractivity contribution < 1.29 is 9.53 Å². The molecular formula is C25H25NO2. The number of likely N-dealkylation sites (N-methyl/N-ethyl adjacent to an activating group) is 1. The Morgan fingerprint density at radius 3 is 2.39 bits per heavy atom. The Morgan fingerprint density at radius 1 is 0.964 bits per heavy atom. The molecule has 0 saturated heterocycles. The van der Waals surface area contributed by atoms with Crippen LogP contribution >= 0.6 is 0 Å². The average molecular weight is 371 g/mol. The van der Waals surface area contributed by atoms with Gasteiger partial charge < -0.3 is 9.64 Å². The smallest absolute Gasteiger partial charge is 0.250 e. The van der Waals surface area contributed by atoms with Gasteiger partial charge in [-0.1, -0.05) is 54.6 Å². The number of nitrogens with zero attached hydrogens (tertiary/aromatic N) is 1. The summed E-state index contributed by atoms with van der Waals surface area (Å²) in [5.41, 5.74) is 4.15. The molecule has 0 aliphatic rings. The summed E-state index contributed by atoms with van der Waals surface area (Å²) < 4.78 is 5.80. The van der Waals surface area contributed by atoms with E-state index in [0.717, 1.165) is 28.1 Å². The molecule has 3 aromatic carbocycles. The molecule has 0 aliphatic carbocycles. The summed E-state index contributed by atoms with van der Waals surface area (Å²) in [6.07, 6.45) is 3.45. The number of carbonyl (C=O) groups excluding carboxylic acids is 1. The fraction of sp³-hybridized carbons (Fsp3) is 0.160. The maximum Gasteiger partial charge on any atom is 0.250 e. The maximum absolute atomic E-state index is 12.6. The van der Waals surface area contributed by atoms with Gasteiger partial charge in [-0.25, -0.2) is 0 Å². The Kier molecular flexibility index (Phi) is 6.64. The van der Waals surface area contributed by atoms with E-state index in [4.69, 9.17) is 4.74 Å². The molecule has 1 amide bonds. The lowest BCUT2D eigenvalue weighted by Crippen LogP contribution is -2.28. The van der Waals surface area contributed by atoms with E-state index in [1.165, 1.54) is 0 Å². The molecule has 0 N–H and O–H groups in total. The van der Waals surface area contributed by atoms with Crippen LogP contribution in [0.4, 0.5) is 5.69 Å². The molecule has 0 unspecified atom stereocenters. The monoisotopic (exact) mass is 371 g/mol. The highest BCUT2D eigenvalue weighted by Crippen LogP contribution is 2.18. The minimum absolute atomic E-state index is 0.0301. The summed E-state index contributed by atoms with van der Waals surface area (Å²) in [5.74, 6) is 0.778. The third-order valence-corrected chi connectivity index (χ3v) is 4.44. The van der Waals surface area contributed by atoms with Gasteiger partial charge in [-0.3, -0.25) is 4.79 Å². The maximum atomic E-state index is 12.6. The Hall–Kier alpha value is -3.33. The molecule has 0 atom stereocenters. The second-order valence-corrected chi connectivity index (χ2v) is 6.60. The van der Waals surface area contributed by atoms with Crippen molar-refractivity contribution in [3.05, 3.63) is 102 Å². The van der Waals surface area contributed by atoms with E-state index in [1.807, 2.05) is 98.8 Å². The first-order valence-electron chi connectivity index (χ1n) is 9.49. The highest BCUT2D eigenvalue weighted by atomic mass is 16.5. The van der Waals surface area contributed by atoms with Crippen LogP contribution in [0.2, 0.25) is 0 Å². The summed E-state index contributed by atoms with van der Waals surface area (Å²) in [5, 5.41) is 0. The molecule has 0 saturated carbocycles. The highest BCUT2D eigenvalue weighted by Gasteiger charge is 2.10. The Balaban J connectivity index is 1.61. The summed E-state index contributed by atoms with van der Waals surface area (Å²) >= 11 is 0. The number of hydrogen-bond donors (Lipinski definition) is 0. The first-order valence-corrected chi connectivity index (χ1v) is 9.49. The third kappa shape index (κ3) is 5.34. The normalized spacial score (nSPS) is 10.8. The van der Waals surface area contributed by atoms with Crippen LogP contribution in [-0.4, -0.2) is 12.5 Å². The van der Waals surface area contributed by atoms with Gasteiger partial charge in [0.1, 0.15) is 12.4 Å². The molecule has 3 aromatic rings. The van der Waals surface area contributed by atoms with Crippen LogP contribution in [0.5, 0.6) is 5.75 Å². The molecule has 0 aliphatic heterocycles. The lowest BCUT2D eigenvalue weighted by molar-refractivity contribution is -0.114. The van der Waals surface area contributed by atoms with Crippen molar-refractivity contribution in [1.29, 1.82) is 0 Å². The van der Waals surface area contributed by atoms with Crippen LogP contribution in [0.1, 0.15) is 23.6 Å². The topological polar surface area (TPSA) is 29.5 Å². The van der Waals surface area contributed by atoms with Gasteiger partial charge in [0.05, 0.1) is 0 Å². The summed E-state index contributed by atoms with van der Waals surface area (Å²) in [4.78, 5) is 14.4. The second kappa shape index (κ2) is 9.56. The fourth-order valence-corrected chi connectivity index (χ4v) is 2.94. The predicted molar refractivity (Wildman–Crippen MR) is 115 cm³/mol. The minimum Gasteiger partial charge on any atom is -0.489 e. The first kappa shape index (κ1) is 19.4. The zero-order valence-corrected chi connectivity index (χ0v) is 16.3. The Labute approximate surface area is 166 Å². The van der Waals surface area contributed by atoms with E-state index >= 15 is 0 Å². The van der Waals surface area contributed by atoms with Crippen molar-refractivity contribution in [3.8, 4) is 5.75 Å². The van der Waals surface area contributed by atoms with E-state index in [-0.39, 0.29) is 5.91 Å². The lowest BCUT2D eigenvalue weighted by Gasteiger charge is -2.19. The SMILES string of the molecule is CCN(C(=O)/C=C/c1ccc(OCc2ccccc2)cc1)c1cccc(C)c1. The summed E-state index contributed by atoms with van der Waals surface area (Å²) in [7, 11) is 0. The van der Waals surface area contributed by atoms with Gasteiger partial charge >= 0.3 is 0 Å². The van der Waals surface area contributed by atoms with E-state index in [1.54, 1.807) is 11.0 Å². The summed E-state index contributed by atoms with van der Waals surface area (Å²) in [6.45, 7) is 5.17. The molecule has 0 heterocycles. The number of benzene rings is 3. The van der Waals surface area contributed by atoms with Gasteiger partial charge in [0.15, 0.2) is 0 Å². The van der Waals surface area contributed by atoms with E-state index < -0.39 is 0 Å². The molecule has 3 rings (SSSR count). The molecule has 0 spiro atoms. The van der Waals surface area contributed by atoms with Crippen molar-refractivity contribution >= 4 is 17.7 Å². The second-order valence-electron chi connectivity index (χ2n) is 6.60. The van der Waals surface area contributed by atoms with Crippen LogP contribution in [0.15, 0.2) is 84.9 Å². The molecule has 142 valence electrons. The van der Waals surface area contributed by atoms with Gasteiger partial charge in [-0.15, -0.1) is 0 Å². The Morgan fingerprint density at radius 2 is 1.71 bits per heavy atom. The molecule has 0 bridgehead atoms. The van der Waals surface area contributed by atoms with Gasteiger partial charge in [0.25, 0.3) is 5.91 Å². The number of aryl methyl sites for hydroxylation is 1. The largest absolute Gasteiger partial charge is 0.489 e. The van der Waals surface area contributed by atoms with Crippen molar-refractivity contribution in [3.63, 3.8) is 0 Å². The van der Waals surface area contributed by atoms with Crippen molar-refractivity contribution in [2.75, 3.05) is 11.4 Å². The van der Waals surface area contributed by atoms with Crippen LogP contribution in [0.3, 0.4) is 0 Å². The van der Waals surface area contributed by atoms with Crippen molar-refractivity contribution in [2.45, 2.75) is 20.5 Å². The van der Waals surface area contributed by atoms with Crippen LogP contribution in [-0.2, 0) is 11.4 Å². The minimum atomic E-state index is -0.0301. The first-order chi connectivity index (χ1) is 13.7. The zero-order valence-electron chi connectivity index (χ0n) is 16.3. The Bertz CT molecular complexity index is 930. The zero-order chi connectivity index (χ0) is 19.8. The van der Waals surface area contributed by atoms with Crippen LogP contribution in [0.25, 0.3) is 6.08 Å². The number of carbonyl (C=O) groups is 1. The van der Waals surface area contributed by atoms with Crippen LogP contribution in [0, 0.1) is 6.92 Å². The predicted octanol–water partition coefficient (Wildman–Crippen LogP) is 5.64. The van der Waals surface area contributed by atoms with E-state index in [2.05, 4.69) is 0 Å². The molecule has 3 heteroatoms. The van der Waals surface area contributed by atoms with E-state index in [9.17, 15) is 4.79 Å². The van der Waals surface area contributed by atoms with Crippen molar-refractivity contribution in [2.24, 2.45) is 0 Å². The third-order valence-electron chi connectivity index (χ3n) is 4.44. The molecule has 0 radical (unpaired) electrons. The molecule has 0 fully saturated rings. The quantitative estimate of drug-likeness (QED) is 0.503. The highest BCUT2D eigenvalue weighted by molar-refractivity contribution is 6.03. The number of anilines is 1. The molecule has 3 nitrogen and oxygen atoms in total. The fourth-order valence-electron chi connectivity index (χ4n) is 2.94. The average Bonchev–Trinajstić information content (AvgIpc) is 2.73. The number of hydrogen-bond acceptors (Lipinski definition) is 2. The van der Waals surface area contributed by atoms with Crippen LogP contribution < -0.4 is 9.64 Å². The number of amides is 1. The molecular weight excluding hydrogens is 346 g/mol. The molecule has 28 heavy (non-hydrogen) atoms. The number of rotatable bonds is 7. The van der Waals surface area contributed by atoms with Gasteiger partial charge in [0.2, 0.25) is 0 Å².